The van der Waals surface area contributed by atoms with Gasteiger partial charge in [-0.1, -0.05) is 83.6 Å². The first-order chi connectivity index (χ1) is 10.8. The molecule has 0 aromatic heterocycles. The molecule has 0 saturated heterocycles. The molecular weight excluding hydrogens is 264 g/mol. The summed E-state index contributed by atoms with van der Waals surface area (Å²) in [5.74, 6) is 0. The fourth-order valence-electron chi connectivity index (χ4n) is 5.80. The Balaban J connectivity index is 2.06. The van der Waals surface area contributed by atoms with Crippen LogP contribution in [0, 0.1) is 10.8 Å². The van der Waals surface area contributed by atoms with Crippen molar-refractivity contribution in [1.29, 1.82) is 0 Å². The second kappa shape index (κ2) is 9.14. The highest BCUT2D eigenvalue weighted by molar-refractivity contribution is 5.03. The zero-order valence-corrected chi connectivity index (χ0v) is 15.3. The van der Waals surface area contributed by atoms with Crippen LogP contribution >= 0.6 is 0 Å². The minimum Gasteiger partial charge on any atom is -0.103 e. The summed E-state index contributed by atoms with van der Waals surface area (Å²) in [6.45, 7) is 6.47. The molecule has 0 unspecified atom stereocenters. The van der Waals surface area contributed by atoms with E-state index in [0.29, 0.717) is 10.8 Å². The van der Waals surface area contributed by atoms with Gasteiger partial charge in [-0.05, 0) is 49.4 Å². The molecule has 2 rings (SSSR count). The van der Waals surface area contributed by atoms with Crippen molar-refractivity contribution in [2.45, 2.75) is 116 Å². The highest BCUT2D eigenvalue weighted by Gasteiger charge is 2.49. The summed E-state index contributed by atoms with van der Waals surface area (Å²) < 4.78 is 0. The van der Waals surface area contributed by atoms with Gasteiger partial charge in [-0.15, -0.1) is 6.58 Å². The molecule has 0 radical (unpaired) electrons. The molecule has 0 heterocycles. The molecule has 0 nitrogen and oxygen atoms in total. The van der Waals surface area contributed by atoms with Gasteiger partial charge in [0.05, 0.1) is 0 Å². The fourth-order valence-corrected chi connectivity index (χ4v) is 5.80. The van der Waals surface area contributed by atoms with Crippen molar-refractivity contribution < 1.29 is 0 Å². The quantitative estimate of drug-likeness (QED) is 0.301. The van der Waals surface area contributed by atoms with Gasteiger partial charge < -0.3 is 0 Å². The van der Waals surface area contributed by atoms with Crippen LogP contribution in [0.2, 0.25) is 0 Å². The molecular formula is C22H40. The summed E-state index contributed by atoms with van der Waals surface area (Å²) in [6.07, 6.45) is 27.2. The minimum atomic E-state index is 0.623. The van der Waals surface area contributed by atoms with Gasteiger partial charge in [0.2, 0.25) is 0 Å². The predicted octanol–water partition coefficient (Wildman–Crippen LogP) is 7.82. The third-order valence-electron chi connectivity index (χ3n) is 7.04. The predicted molar refractivity (Wildman–Crippen MR) is 99.2 cm³/mol. The first-order valence-corrected chi connectivity index (χ1v) is 10.4. The van der Waals surface area contributed by atoms with Crippen LogP contribution in [0.5, 0.6) is 0 Å². The van der Waals surface area contributed by atoms with E-state index in [1.165, 1.54) is 109 Å². The van der Waals surface area contributed by atoms with Crippen LogP contribution in [0.1, 0.15) is 116 Å². The molecule has 0 heteroatoms. The van der Waals surface area contributed by atoms with E-state index < -0.39 is 0 Å². The monoisotopic (exact) mass is 304 g/mol. The number of rotatable bonds is 9. The molecule has 2 fully saturated rings. The van der Waals surface area contributed by atoms with Crippen LogP contribution in [0.15, 0.2) is 12.7 Å². The third-order valence-corrected chi connectivity index (χ3v) is 7.04. The molecule has 0 bridgehead atoms. The lowest BCUT2D eigenvalue weighted by molar-refractivity contribution is -0.0414. The maximum atomic E-state index is 4.15. The van der Waals surface area contributed by atoms with Crippen LogP contribution in [0.4, 0.5) is 0 Å². The van der Waals surface area contributed by atoms with E-state index in [9.17, 15) is 0 Å². The molecule has 0 amide bonds. The van der Waals surface area contributed by atoms with Crippen LogP contribution in [-0.2, 0) is 0 Å². The average Bonchev–Trinajstić information content (AvgIpc) is 2.57. The van der Waals surface area contributed by atoms with Gasteiger partial charge in [0.15, 0.2) is 0 Å². The van der Waals surface area contributed by atoms with Crippen molar-refractivity contribution >= 4 is 0 Å². The summed E-state index contributed by atoms with van der Waals surface area (Å²) in [6, 6.07) is 0. The van der Waals surface area contributed by atoms with Crippen molar-refractivity contribution in [3.8, 4) is 0 Å². The Morgan fingerprint density at radius 2 is 1.27 bits per heavy atom. The minimum absolute atomic E-state index is 0.623. The van der Waals surface area contributed by atoms with Crippen LogP contribution in [0.25, 0.3) is 0 Å². The second-order valence-corrected chi connectivity index (χ2v) is 8.34. The zero-order chi connectivity index (χ0) is 15.7. The normalized spacial score (nSPS) is 24.0. The topological polar surface area (TPSA) is 0 Å². The summed E-state index contributed by atoms with van der Waals surface area (Å²) in [5.41, 5.74) is 1.30. The molecule has 0 aromatic rings. The molecule has 2 aliphatic rings. The van der Waals surface area contributed by atoms with Gasteiger partial charge in [0.25, 0.3) is 0 Å². The van der Waals surface area contributed by atoms with E-state index >= 15 is 0 Å². The SMILES string of the molecule is C=CCC1(C2(CCCCCCC)CCCCC2)CCCCC1. The van der Waals surface area contributed by atoms with Gasteiger partial charge in [0, 0.05) is 0 Å². The van der Waals surface area contributed by atoms with Gasteiger partial charge in [-0.3, -0.25) is 0 Å². The summed E-state index contributed by atoms with van der Waals surface area (Å²) >= 11 is 0. The Morgan fingerprint density at radius 1 is 0.727 bits per heavy atom. The van der Waals surface area contributed by atoms with E-state index in [0.717, 1.165) is 0 Å². The molecule has 0 aromatic carbocycles. The van der Waals surface area contributed by atoms with E-state index in [1.807, 2.05) is 0 Å². The van der Waals surface area contributed by atoms with E-state index in [2.05, 4.69) is 19.6 Å². The molecule has 0 spiro atoms. The molecule has 22 heavy (non-hydrogen) atoms. The van der Waals surface area contributed by atoms with E-state index in [-0.39, 0.29) is 0 Å². The summed E-state index contributed by atoms with van der Waals surface area (Å²) in [4.78, 5) is 0. The highest BCUT2D eigenvalue weighted by Crippen LogP contribution is 2.61. The van der Waals surface area contributed by atoms with Gasteiger partial charge in [-0.25, -0.2) is 0 Å². The zero-order valence-electron chi connectivity index (χ0n) is 15.3. The smallest absolute Gasteiger partial charge is 0.0207 e. The van der Waals surface area contributed by atoms with Gasteiger partial charge in [-0.2, -0.15) is 0 Å². The lowest BCUT2D eigenvalue weighted by atomic mass is 9.49. The Bertz CT molecular complexity index is 302. The van der Waals surface area contributed by atoms with Crippen LogP contribution in [0.3, 0.4) is 0 Å². The maximum Gasteiger partial charge on any atom is -0.0207 e. The first kappa shape index (κ1) is 18.1. The molecule has 2 saturated carbocycles. The van der Waals surface area contributed by atoms with Gasteiger partial charge in [0.1, 0.15) is 0 Å². The number of allylic oxidation sites excluding steroid dienone is 1. The third kappa shape index (κ3) is 4.18. The van der Waals surface area contributed by atoms with Crippen LogP contribution in [-0.4, -0.2) is 0 Å². The summed E-state index contributed by atoms with van der Waals surface area (Å²) in [7, 11) is 0. The average molecular weight is 305 g/mol. The first-order valence-electron chi connectivity index (χ1n) is 10.4. The molecule has 0 atom stereocenters. The Labute approximate surface area is 140 Å². The number of unbranched alkanes of at least 4 members (excludes halogenated alkanes) is 4. The molecule has 0 aliphatic heterocycles. The maximum absolute atomic E-state index is 4.15. The van der Waals surface area contributed by atoms with Crippen molar-refractivity contribution in [1.82, 2.24) is 0 Å². The van der Waals surface area contributed by atoms with Gasteiger partial charge >= 0.3 is 0 Å². The largest absolute Gasteiger partial charge is 0.103 e. The van der Waals surface area contributed by atoms with Crippen LogP contribution < -0.4 is 0 Å². The van der Waals surface area contributed by atoms with E-state index in [4.69, 9.17) is 0 Å². The molecule has 0 N–H and O–H groups in total. The Kier molecular flexibility index (Phi) is 7.51. The lowest BCUT2D eigenvalue weighted by Gasteiger charge is -2.55. The molecule has 2 aliphatic carbocycles. The number of hydrogen-bond acceptors (Lipinski definition) is 0. The van der Waals surface area contributed by atoms with Crippen molar-refractivity contribution in [3.05, 3.63) is 12.7 Å². The second-order valence-electron chi connectivity index (χ2n) is 8.34. The van der Waals surface area contributed by atoms with Crippen molar-refractivity contribution in [2.24, 2.45) is 10.8 Å². The molecule has 128 valence electrons. The van der Waals surface area contributed by atoms with E-state index in [1.54, 1.807) is 0 Å². The fraction of sp³-hybridized carbons (Fsp3) is 0.909. The summed E-state index contributed by atoms with van der Waals surface area (Å²) in [5, 5.41) is 0. The number of hydrogen-bond donors (Lipinski definition) is 0. The lowest BCUT2D eigenvalue weighted by Crippen LogP contribution is -2.44. The Morgan fingerprint density at radius 3 is 1.82 bits per heavy atom. The van der Waals surface area contributed by atoms with Crippen molar-refractivity contribution in [2.75, 3.05) is 0 Å². The highest BCUT2D eigenvalue weighted by atomic mass is 14.5. The Hall–Kier alpha value is -0.260. The van der Waals surface area contributed by atoms with Crippen molar-refractivity contribution in [3.63, 3.8) is 0 Å². The standard InChI is InChI=1S/C22H40/c1-3-5-6-7-10-18-22(19-13-9-14-20-22)21(15-4-2)16-11-8-12-17-21/h4H,2-3,5-20H2,1H3.